The number of amides is 1. The molecule has 5 nitrogen and oxygen atoms in total. The van der Waals surface area contributed by atoms with Crippen molar-refractivity contribution >= 4 is 22.4 Å². The average Bonchev–Trinajstić information content (AvgIpc) is 2.92. The molecule has 1 aromatic heterocycles. The van der Waals surface area contributed by atoms with Crippen molar-refractivity contribution in [1.82, 2.24) is 9.88 Å². The second kappa shape index (κ2) is 8.08. The SMILES string of the molecule is Cc1cccc(Cc2cnc(NC(=O)CN3CC(C)OC(C)C3)s2)c1. The molecular formula is C19H25N3O2S. The molecular weight excluding hydrogens is 334 g/mol. The van der Waals surface area contributed by atoms with Gasteiger partial charge < -0.3 is 10.1 Å². The highest BCUT2D eigenvalue weighted by molar-refractivity contribution is 7.15. The Hall–Kier alpha value is -1.76. The number of morpholine rings is 1. The maximum atomic E-state index is 12.3. The van der Waals surface area contributed by atoms with E-state index >= 15 is 0 Å². The highest BCUT2D eigenvalue weighted by Gasteiger charge is 2.23. The summed E-state index contributed by atoms with van der Waals surface area (Å²) in [6, 6.07) is 8.46. The molecule has 2 aromatic rings. The van der Waals surface area contributed by atoms with Crippen molar-refractivity contribution in [3.05, 3.63) is 46.5 Å². The van der Waals surface area contributed by atoms with Crippen LogP contribution in [0.4, 0.5) is 5.13 Å². The number of ether oxygens (including phenoxy) is 1. The van der Waals surface area contributed by atoms with Gasteiger partial charge in [0, 0.05) is 30.6 Å². The molecule has 1 aliphatic heterocycles. The number of nitrogens with one attached hydrogen (secondary N) is 1. The van der Waals surface area contributed by atoms with Crippen molar-refractivity contribution in [3.8, 4) is 0 Å². The minimum absolute atomic E-state index is 0.0160. The lowest BCUT2D eigenvalue weighted by Crippen LogP contribution is -2.48. The quantitative estimate of drug-likeness (QED) is 0.891. The number of benzene rings is 1. The van der Waals surface area contributed by atoms with Gasteiger partial charge in [-0.2, -0.15) is 0 Å². The third kappa shape index (κ3) is 5.36. The Morgan fingerprint density at radius 2 is 2.12 bits per heavy atom. The Morgan fingerprint density at radius 3 is 2.84 bits per heavy atom. The van der Waals surface area contributed by atoms with E-state index in [0.29, 0.717) is 11.7 Å². The van der Waals surface area contributed by atoms with Gasteiger partial charge in [-0.15, -0.1) is 11.3 Å². The number of hydrogen-bond acceptors (Lipinski definition) is 5. The predicted octanol–water partition coefficient (Wildman–Crippen LogP) is 3.09. The van der Waals surface area contributed by atoms with E-state index in [2.05, 4.69) is 46.4 Å². The number of nitrogens with zero attached hydrogens (tertiary/aromatic N) is 2. The normalized spacial score (nSPS) is 21.2. The van der Waals surface area contributed by atoms with Gasteiger partial charge in [0.15, 0.2) is 5.13 Å². The summed E-state index contributed by atoms with van der Waals surface area (Å²) in [6.07, 6.45) is 3.02. The Kier molecular flexibility index (Phi) is 5.83. The van der Waals surface area contributed by atoms with Crippen LogP contribution >= 0.6 is 11.3 Å². The maximum absolute atomic E-state index is 12.3. The number of anilines is 1. The van der Waals surface area contributed by atoms with Gasteiger partial charge in [-0.05, 0) is 26.3 Å². The first-order chi connectivity index (χ1) is 12.0. The van der Waals surface area contributed by atoms with Crippen LogP contribution in [0.3, 0.4) is 0 Å². The molecule has 25 heavy (non-hydrogen) atoms. The molecule has 6 heteroatoms. The van der Waals surface area contributed by atoms with Crippen LogP contribution in [0, 0.1) is 6.92 Å². The number of carbonyl (C=O) groups excluding carboxylic acids is 1. The average molecular weight is 359 g/mol. The summed E-state index contributed by atoms with van der Waals surface area (Å²) < 4.78 is 5.70. The summed E-state index contributed by atoms with van der Waals surface area (Å²) in [5, 5.41) is 3.59. The molecule has 0 aliphatic carbocycles. The Bertz CT molecular complexity index is 721. The van der Waals surface area contributed by atoms with Gasteiger partial charge in [0.2, 0.25) is 5.91 Å². The van der Waals surface area contributed by atoms with E-state index in [4.69, 9.17) is 4.74 Å². The Labute approximate surface area is 153 Å². The second-order valence-electron chi connectivity index (χ2n) is 6.80. The maximum Gasteiger partial charge on any atom is 0.240 e. The van der Waals surface area contributed by atoms with Crippen molar-refractivity contribution in [2.75, 3.05) is 25.0 Å². The summed E-state index contributed by atoms with van der Waals surface area (Å²) in [7, 11) is 0. The van der Waals surface area contributed by atoms with Crippen LogP contribution in [-0.2, 0) is 16.0 Å². The van der Waals surface area contributed by atoms with E-state index < -0.39 is 0 Å². The first-order valence-electron chi connectivity index (χ1n) is 8.66. The molecule has 1 aliphatic rings. The molecule has 2 atom stereocenters. The van der Waals surface area contributed by atoms with Gasteiger partial charge in [-0.1, -0.05) is 29.8 Å². The summed E-state index contributed by atoms with van der Waals surface area (Å²) in [5.74, 6) is -0.0160. The van der Waals surface area contributed by atoms with E-state index in [1.54, 1.807) is 0 Å². The monoisotopic (exact) mass is 359 g/mol. The van der Waals surface area contributed by atoms with Crippen molar-refractivity contribution in [2.24, 2.45) is 0 Å². The summed E-state index contributed by atoms with van der Waals surface area (Å²) in [6.45, 7) is 8.13. The molecule has 2 unspecified atom stereocenters. The fraction of sp³-hybridized carbons (Fsp3) is 0.474. The zero-order valence-corrected chi connectivity index (χ0v) is 15.8. The number of aryl methyl sites for hydroxylation is 1. The molecule has 1 fully saturated rings. The lowest BCUT2D eigenvalue weighted by atomic mass is 10.1. The zero-order chi connectivity index (χ0) is 17.8. The van der Waals surface area contributed by atoms with Crippen LogP contribution < -0.4 is 5.32 Å². The molecule has 1 aromatic carbocycles. The Balaban J connectivity index is 1.53. The second-order valence-corrected chi connectivity index (χ2v) is 7.91. The number of hydrogen-bond donors (Lipinski definition) is 1. The molecule has 1 saturated heterocycles. The first kappa shape index (κ1) is 18.0. The fourth-order valence-electron chi connectivity index (χ4n) is 3.25. The van der Waals surface area contributed by atoms with Gasteiger partial charge >= 0.3 is 0 Å². The minimum atomic E-state index is -0.0160. The van der Waals surface area contributed by atoms with Crippen LogP contribution in [0.5, 0.6) is 0 Å². The fourth-order valence-corrected chi connectivity index (χ4v) is 4.11. The Morgan fingerprint density at radius 1 is 1.36 bits per heavy atom. The van der Waals surface area contributed by atoms with E-state index in [0.717, 1.165) is 24.4 Å². The molecule has 1 N–H and O–H groups in total. The van der Waals surface area contributed by atoms with E-state index in [-0.39, 0.29) is 18.1 Å². The lowest BCUT2D eigenvalue weighted by molar-refractivity contribution is -0.121. The third-order valence-corrected chi connectivity index (χ3v) is 5.04. The summed E-state index contributed by atoms with van der Waals surface area (Å²) >= 11 is 1.54. The van der Waals surface area contributed by atoms with Gasteiger partial charge in [0.1, 0.15) is 0 Å². The molecule has 0 radical (unpaired) electrons. The summed E-state index contributed by atoms with van der Waals surface area (Å²) in [4.78, 5) is 19.9. The molecule has 0 bridgehead atoms. The first-order valence-corrected chi connectivity index (χ1v) is 9.47. The highest BCUT2D eigenvalue weighted by atomic mass is 32.1. The van der Waals surface area contributed by atoms with Crippen LogP contribution in [-0.4, -0.2) is 47.6 Å². The number of thiazole rings is 1. The van der Waals surface area contributed by atoms with Gasteiger partial charge in [-0.25, -0.2) is 4.98 Å². The smallest absolute Gasteiger partial charge is 0.240 e. The topological polar surface area (TPSA) is 54.5 Å². The van der Waals surface area contributed by atoms with Gasteiger partial charge in [-0.3, -0.25) is 9.69 Å². The zero-order valence-electron chi connectivity index (χ0n) is 15.0. The number of rotatable bonds is 5. The molecule has 2 heterocycles. The van der Waals surface area contributed by atoms with E-state index in [1.807, 2.05) is 20.0 Å². The van der Waals surface area contributed by atoms with Crippen molar-refractivity contribution in [1.29, 1.82) is 0 Å². The number of carbonyl (C=O) groups is 1. The largest absolute Gasteiger partial charge is 0.373 e. The van der Waals surface area contributed by atoms with Gasteiger partial charge in [0.25, 0.3) is 0 Å². The minimum Gasteiger partial charge on any atom is -0.373 e. The standard InChI is InChI=1S/C19H25N3O2S/c1-13-5-4-6-16(7-13)8-17-9-20-19(25-17)21-18(23)12-22-10-14(2)24-15(3)11-22/h4-7,9,14-15H,8,10-12H2,1-3H3,(H,20,21,23). The molecule has 134 valence electrons. The molecule has 0 spiro atoms. The number of aromatic nitrogens is 1. The predicted molar refractivity (Wildman–Crippen MR) is 101 cm³/mol. The van der Waals surface area contributed by atoms with Crippen LogP contribution in [0.15, 0.2) is 30.5 Å². The van der Waals surface area contributed by atoms with Crippen LogP contribution in [0.2, 0.25) is 0 Å². The summed E-state index contributed by atoms with van der Waals surface area (Å²) in [5.41, 5.74) is 2.52. The third-order valence-electron chi connectivity index (χ3n) is 4.12. The molecule has 1 amide bonds. The van der Waals surface area contributed by atoms with Crippen molar-refractivity contribution < 1.29 is 9.53 Å². The highest BCUT2D eigenvalue weighted by Crippen LogP contribution is 2.21. The van der Waals surface area contributed by atoms with Crippen LogP contribution in [0.1, 0.15) is 29.9 Å². The lowest BCUT2D eigenvalue weighted by Gasteiger charge is -2.34. The van der Waals surface area contributed by atoms with E-state index in [9.17, 15) is 4.79 Å². The van der Waals surface area contributed by atoms with Crippen LogP contribution in [0.25, 0.3) is 0 Å². The van der Waals surface area contributed by atoms with E-state index in [1.165, 1.54) is 22.5 Å². The van der Waals surface area contributed by atoms with Gasteiger partial charge in [0.05, 0.1) is 18.8 Å². The van der Waals surface area contributed by atoms with Crippen molar-refractivity contribution in [2.45, 2.75) is 39.4 Å². The molecule has 0 saturated carbocycles. The van der Waals surface area contributed by atoms with Crippen molar-refractivity contribution in [3.63, 3.8) is 0 Å². The molecule has 3 rings (SSSR count).